The second-order valence-corrected chi connectivity index (χ2v) is 30.4. The molecule has 0 spiro atoms. The molecule has 0 aromatic heterocycles. The fourth-order valence-electron chi connectivity index (χ4n) is 14.6. The van der Waals surface area contributed by atoms with Gasteiger partial charge in [0, 0.05) is 26.7 Å². The lowest BCUT2D eigenvalue weighted by atomic mass is 9.88. The Hall–Kier alpha value is -3.42. The van der Waals surface area contributed by atoms with E-state index in [0.29, 0.717) is 12.8 Å². The molecule has 3 amide bonds. The molecule has 0 aromatic rings. The highest BCUT2D eigenvalue weighted by atomic mass is 16.8. The van der Waals surface area contributed by atoms with Gasteiger partial charge in [-0.15, -0.1) is 0 Å². The minimum atomic E-state index is -3.17. The number of rotatable bonds is 53. The van der Waals surface area contributed by atoms with Crippen molar-refractivity contribution in [2.45, 2.75) is 405 Å². The van der Waals surface area contributed by atoms with E-state index in [1.54, 1.807) is 6.08 Å². The van der Waals surface area contributed by atoms with Crippen LogP contribution < -0.4 is 16.0 Å². The first-order valence-corrected chi connectivity index (χ1v) is 40.5. The maximum atomic E-state index is 14.9. The molecule has 0 bridgehead atoms. The van der Waals surface area contributed by atoms with Crippen LogP contribution in [0, 0.1) is 0 Å². The molecule has 642 valence electrons. The minimum Gasteiger partial charge on any atom is -0.459 e. The molecule has 34 heteroatoms. The van der Waals surface area contributed by atoms with E-state index in [1.807, 2.05) is 6.08 Å². The number of carbonyl (C=O) groups excluding carboxylic acids is 4. The second-order valence-electron chi connectivity index (χ2n) is 30.4. The number of ether oxygens (including phenoxy) is 11. The highest BCUT2D eigenvalue weighted by molar-refractivity contribution is 5.79. The van der Waals surface area contributed by atoms with Crippen molar-refractivity contribution in [3.63, 3.8) is 0 Å². The SMILES string of the molecule is CCCCCCCCCCCCC/C=C/C(O)C(CO[C@@H]1O[C@H](CO)[C@@H](O[C@@H]2O[C@H](CO)[C@H](O[C@@H]3O[C@H](CO)[C@H](O)[C@H](O[C@@H]4O[C@H](CO)[C@H](O)[C@H](O)[C@H]4O)[C@H]3NC(C)=O)[C@H](O[C@]3(C(=O)OC(C)C)C[C@@H](O)[C@H](NC(C)=O)[C@@H](C(O)C(O)CO)O3)[C@H]2O)[C@H](O)[C@H]1O)NC(=O)CCCCCCCCCCCCCCCCC. The molecule has 5 saturated heterocycles. The fourth-order valence-corrected chi connectivity index (χ4v) is 14.6. The van der Waals surface area contributed by atoms with Gasteiger partial charge in [-0.3, -0.25) is 14.4 Å². The average molecular weight is 1590 g/mol. The summed E-state index contributed by atoms with van der Waals surface area (Å²) in [5.41, 5.74) is 0. The van der Waals surface area contributed by atoms with Crippen molar-refractivity contribution in [3.8, 4) is 0 Å². The normalized spacial score (nSPS) is 34.0. The summed E-state index contributed by atoms with van der Waals surface area (Å²) >= 11 is 0. The molecule has 28 atom stereocenters. The van der Waals surface area contributed by atoms with Gasteiger partial charge in [0.15, 0.2) is 25.2 Å². The standard InChI is InChI=1S/C76H137N3O31/c1-7-9-11-13-15-17-19-21-22-24-26-28-30-32-34-36-55(90)79-47(48(87)35-33-31-29-27-25-23-20-18-16-14-12-10-8-2)43-100-72-64(97)62(95)66(53(41-83)104-72)106-74-65(98)70(110-76(75(99)101-44(3)4)37-49(88)56(77-45(5)85)69(109-76)58(91)50(89)38-80)67(54(42-84)105-74)107-71-57(78-46(6)86)68(60(93)52(40-82)102-71)108-73-63(96)61(94)59(92)51(39-81)103-73/h33,35,44,47-54,56-74,80-84,87-89,91-98H,7-32,34,36-43H2,1-6H3,(H,77,85)(H,78,86)(H,79,90)/b35-33+/t47?,48?,49-,50?,51-,52-,53-,54-,56+,57-,58?,59+,60+,61+,62-,63-,64-,65-,66-,67+,68-,69+,70-,71+,72-,73+,74+,76+/m1/s1. The van der Waals surface area contributed by atoms with Crippen LogP contribution in [0.4, 0.5) is 0 Å². The predicted octanol–water partition coefficient (Wildman–Crippen LogP) is -0.175. The monoisotopic (exact) mass is 1590 g/mol. The van der Waals surface area contributed by atoms with Crippen molar-refractivity contribution in [2.75, 3.05) is 39.6 Å². The summed E-state index contributed by atoms with van der Waals surface area (Å²) in [6.07, 6.45) is -16.9. The quantitative estimate of drug-likeness (QED) is 0.0213. The largest absolute Gasteiger partial charge is 0.459 e. The van der Waals surface area contributed by atoms with Crippen molar-refractivity contribution in [2.24, 2.45) is 0 Å². The summed E-state index contributed by atoms with van der Waals surface area (Å²) < 4.78 is 66.9. The third kappa shape index (κ3) is 30.3. The Balaban J connectivity index is 1.44. The number of hydrogen-bond acceptors (Lipinski definition) is 31. The maximum absolute atomic E-state index is 14.9. The molecule has 34 nitrogen and oxygen atoms in total. The zero-order valence-electron chi connectivity index (χ0n) is 65.3. The van der Waals surface area contributed by atoms with E-state index in [9.17, 15) is 101 Å². The van der Waals surface area contributed by atoms with Crippen LogP contribution in [-0.2, 0) is 71.3 Å². The highest BCUT2D eigenvalue weighted by Gasteiger charge is 2.63. The second kappa shape index (κ2) is 51.6. The molecular weight excluding hydrogens is 1450 g/mol. The van der Waals surface area contributed by atoms with E-state index in [1.165, 1.54) is 117 Å². The number of carbonyl (C=O) groups is 4. The van der Waals surface area contributed by atoms with Gasteiger partial charge in [0.2, 0.25) is 17.7 Å². The average Bonchev–Trinajstić information content (AvgIpc) is 0.744. The van der Waals surface area contributed by atoms with E-state index < -0.39 is 241 Å². The number of nitrogens with one attached hydrogen (secondary N) is 3. The molecule has 5 heterocycles. The molecule has 0 saturated carbocycles. The van der Waals surface area contributed by atoms with Gasteiger partial charge in [0.05, 0.1) is 70.0 Å². The van der Waals surface area contributed by atoms with Crippen LogP contribution in [0.5, 0.6) is 0 Å². The molecule has 110 heavy (non-hydrogen) atoms. The summed E-state index contributed by atoms with van der Waals surface area (Å²) in [5, 5.41) is 188. The first-order chi connectivity index (χ1) is 52.6. The lowest BCUT2D eigenvalue weighted by Crippen LogP contribution is -2.72. The Labute approximate surface area is 647 Å². The van der Waals surface area contributed by atoms with Crippen LogP contribution in [0.3, 0.4) is 0 Å². The lowest BCUT2D eigenvalue weighted by Gasteiger charge is -2.53. The Morgan fingerprint density at radius 3 is 1.45 bits per heavy atom. The van der Waals surface area contributed by atoms with E-state index in [-0.39, 0.29) is 12.3 Å². The molecule has 0 radical (unpaired) electrons. The van der Waals surface area contributed by atoms with E-state index >= 15 is 0 Å². The molecule has 4 unspecified atom stereocenters. The first kappa shape index (κ1) is 97.2. The number of unbranched alkanes of at least 4 members (excludes halogenated alkanes) is 25. The topological polar surface area (TPSA) is 530 Å². The zero-order chi connectivity index (χ0) is 81.0. The molecule has 19 N–H and O–H groups in total. The molecular formula is C76H137N3O31. The third-order valence-electron chi connectivity index (χ3n) is 20.9. The number of esters is 1. The number of aliphatic hydroxyl groups is 16. The van der Waals surface area contributed by atoms with Gasteiger partial charge in [0.1, 0.15) is 116 Å². The van der Waals surface area contributed by atoms with Crippen LogP contribution in [0.25, 0.3) is 0 Å². The lowest BCUT2D eigenvalue weighted by molar-refractivity contribution is -0.404. The molecule has 5 fully saturated rings. The Bertz CT molecular complexity index is 2570. The summed E-state index contributed by atoms with van der Waals surface area (Å²) in [6.45, 7) is 3.25. The van der Waals surface area contributed by atoms with Crippen molar-refractivity contribution in [3.05, 3.63) is 12.2 Å². The van der Waals surface area contributed by atoms with Crippen LogP contribution in [-0.4, -0.2) is 322 Å². The summed E-state index contributed by atoms with van der Waals surface area (Å²) in [7, 11) is 0. The van der Waals surface area contributed by atoms with Gasteiger partial charge in [-0.25, -0.2) is 4.79 Å². The van der Waals surface area contributed by atoms with Gasteiger partial charge in [-0.2, -0.15) is 0 Å². The van der Waals surface area contributed by atoms with Crippen molar-refractivity contribution in [1.82, 2.24) is 16.0 Å². The summed E-state index contributed by atoms with van der Waals surface area (Å²) in [5.74, 6) is -6.81. The van der Waals surface area contributed by atoms with Crippen LogP contribution in [0.2, 0.25) is 0 Å². The Kier molecular flexibility index (Phi) is 45.6. The predicted molar refractivity (Wildman–Crippen MR) is 392 cm³/mol. The van der Waals surface area contributed by atoms with Crippen molar-refractivity contribution < 1.29 is 153 Å². The van der Waals surface area contributed by atoms with Crippen molar-refractivity contribution >= 4 is 23.7 Å². The van der Waals surface area contributed by atoms with Gasteiger partial charge in [0.25, 0.3) is 5.79 Å². The molecule has 0 aromatic carbocycles. The van der Waals surface area contributed by atoms with Gasteiger partial charge in [-0.05, 0) is 33.1 Å². The highest BCUT2D eigenvalue weighted by Crippen LogP contribution is 2.42. The number of allylic oxidation sites excluding steroid dienone is 1. The zero-order valence-corrected chi connectivity index (χ0v) is 65.3. The van der Waals surface area contributed by atoms with Crippen molar-refractivity contribution in [1.29, 1.82) is 0 Å². The molecule has 5 aliphatic rings. The van der Waals surface area contributed by atoms with Gasteiger partial charge >= 0.3 is 5.97 Å². The van der Waals surface area contributed by atoms with Gasteiger partial charge in [-0.1, -0.05) is 180 Å². The summed E-state index contributed by atoms with van der Waals surface area (Å²) in [4.78, 5) is 54.3. The van der Waals surface area contributed by atoms with E-state index in [4.69, 9.17) is 52.1 Å². The molecule has 5 aliphatic heterocycles. The fraction of sp³-hybridized carbons (Fsp3) is 0.921. The number of amides is 3. The molecule has 5 rings (SSSR count). The Morgan fingerprint density at radius 2 is 0.936 bits per heavy atom. The smallest absolute Gasteiger partial charge is 0.367 e. The van der Waals surface area contributed by atoms with Crippen LogP contribution in [0.15, 0.2) is 12.2 Å². The molecule has 0 aliphatic carbocycles. The van der Waals surface area contributed by atoms with Crippen LogP contribution >= 0.6 is 0 Å². The maximum Gasteiger partial charge on any atom is 0.367 e. The van der Waals surface area contributed by atoms with E-state index in [0.717, 1.165) is 71.6 Å². The Morgan fingerprint density at radius 1 is 0.491 bits per heavy atom. The van der Waals surface area contributed by atoms with E-state index in [2.05, 4.69) is 29.8 Å². The first-order valence-electron chi connectivity index (χ1n) is 40.5. The number of hydrogen-bond donors (Lipinski definition) is 19. The van der Waals surface area contributed by atoms with Gasteiger partial charge < -0.3 is 150 Å². The third-order valence-corrected chi connectivity index (χ3v) is 20.9. The van der Waals surface area contributed by atoms with Crippen LogP contribution in [0.1, 0.15) is 228 Å². The minimum absolute atomic E-state index is 0.140. The number of aliphatic hydroxyl groups excluding tert-OH is 16. The summed E-state index contributed by atoms with van der Waals surface area (Å²) in [6, 6.07) is -4.73.